The minimum atomic E-state index is -3.90. The summed E-state index contributed by atoms with van der Waals surface area (Å²) in [6, 6.07) is 13.7. The number of sulfonamides is 1. The van der Waals surface area contributed by atoms with Crippen molar-refractivity contribution in [3.05, 3.63) is 59.4 Å². The summed E-state index contributed by atoms with van der Waals surface area (Å²) in [6.45, 7) is 5.23. The summed E-state index contributed by atoms with van der Waals surface area (Å²) in [6.07, 6.45) is 3.81. The first kappa shape index (κ1) is 25.5. The van der Waals surface area contributed by atoms with Gasteiger partial charge in [-0.2, -0.15) is 4.31 Å². The van der Waals surface area contributed by atoms with Crippen molar-refractivity contribution in [2.24, 2.45) is 5.92 Å². The number of benzene rings is 2. The van der Waals surface area contributed by atoms with E-state index in [1.807, 2.05) is 42.5 Å². The van der Waals surface area contributed by atoms with Crippen molar-refractivity contribution in [2.45, 2.75) is 50.8 Å². The average Bonchev–Trinajstić information content (AvgIpc) is 3.23. The molecule has 0 atom stereocenters. The number of hydrogen-bond donors (Lipinski definition) is 2. The Hall–Kier alpha value is -3.17. The standard InChI is InChI=1S/C28H34N4O4S/c1-19-25(28(34)31-15-6-3-7-16-31)26(20(2)29-19)37(35,36)32-17-13-22(14-18-32)27(33)30-24-12-8-10-21-9-4-5-11-23(21)24/h4-5,8-12,22,29H,3,6-7,13-18H2,1-2H3,(H,30,33). The number of aryl methyl sites for hydroxylation is 2. The van der Waals surface area contributed by atoms with Gasteiger partial charge in [0.05, 0.1) is 5.56 Å². The third kappa shape index (κ3) is 4.90. The predicted octanol–water partition coefficient (Wildman–Crippen LogP) is 4.45. The Morgan fingerprint density at radius 3 is 2.30 bits per heavy atom. The number of aromatic amines is 1. The molecular weight excluding hydrogens is 488 g/mol. The molecule has 2 fully saturated rings. The van der Waals surface area contributed by atoms with Crippen LogP contribution in [0.25, 0.3) is 10.8 Å². The topological polar surface area (TPSA) is 103 Å². The number of anilines is 1. The van der Waals surface area contributed by atoms with Crippen LogP contribution in [-0.2, 0) is 14.8 Å². The zero-order chi connectivity index (χ0) is 26.2. The molecule has 2 saturated heterocycles. The lowest BCUT2D eigenvalue weighted by Crippen LogP contribution is -2.42. The Bertz CT molecular complexity index is 1430. The number of carbonyl (C=O) groups is 2. The van der Waals surface area contributed by atoms with Gasteiger partial charge in [-0.1, -0.05) is 36.4 Å². The fourth-order valence-corrected chi connectivity index (χ4v) is 7.54. The van der Waals surface area contributed by atoms with Gasteiger partial charge in [0, 0.05) is 54.6 Å². The van der Waals surface area contributed by atoms with Gasteiger partial charge in [-0.15, -0.1) is 0 Å². The van der Waals surface area contributed by atoms with Crippen LogP contribution in [-0.4, -0.2) is 60.6 Å². The van der Waals surface area contributed by atoms with Gasteiger partial charge in [-0.05, 0) is 57.4 Å². The minimum absolute atomic E-state index is 0.0826. The number of nitrogens with one attached hydrogen (secondary N) is 2. The number of nitrogens with zero attached hydrogens (tertiary/aromatic N) is 2. The quantitative estimate of drug-likeness (QED) is 0.517. The number of rotatable bonds is 5. The third-order valence-electron chi connectivity index (χ3n) is 7.64. The van der Waals surface area contributed by atoms with Crippen molar-refractivity contribution in [3.8, 4) is 0 Å². The number of hydrogen-bond acceptors (Lipinski definition) is 4. The Morgan fingerprint density at radius 2 is 1.57 bits per heavy atom. The van der Waals surface area contributed by atoms with Crippen molar-refractivity contribution in [1.82, 2.24) is 14.2 Å². The molecule has 196 valence electrons. The molecule has 0 bridgehead atoms. The van der Waals surface area contributed by atoms with Gasteiger partial charge in [0.25, 0.3) is 5.91 Å². The summed E-state index contributed by atoms with van der Waals surface area (Å²) < 4.78 is 29.0. The van der Waals surface area contributed by atoms with Gasteiger partial charge >= 0.3 is 0 Å². The zero-order valence-corrected chi connectivity index (χ0v) is 22.2. The smallest absolute Gasteiger partial charge is 0.257 e. The monoisotopic (exact) mass is 522 g/mol. The maximum atomic E-state index is 13.8. The van der Waals surface area contributed by atoms with E-state index >= 15 is 0 Å². The third-order valence-corrected chi connectivity index (χ3v) is 9.72. The summed E-state index contributed by atoms with van der Waals surface area (Å²) in [5.74, 6) is -0.596. The Kier molecular flexibility index (Phi) is 7.09. The molecule has 3 aromatic rings. The van der Waals surface area contributed by atoms with Crippen molar-refractivity contribution < 1.29 is 18.0 Å². The SMILES string of the molecule is Cc1[nH]c(C)c(S(=O)(=O)N2CCC(C(=O)Nc3cccc4ccccc34)CC2)c1C(=O)N1CCCCC1. The van der Waals surface area contributed by atoms with Gasteiger partial charge in [-0.25, -0.2) is 8.42 Å². The van der Waals surface area contributed by atoms with E-state index in [1.165, 1.54) is 4.31 Å². The molecule has 1 aromatic heterocycles. The van der Waals surface area contributed by atoms with Crippen LogP contribution in [0.15, 0.2) is 47.4 Å². The van der Waals surface area contributed by atoms with E-state index in [9.17, 15) is 18.0 Å². The maximum Gasteiger partial charge on any atom is 0.257 e. The summed E-state index contributed by atoms with van der Waals surface area (Å²) in [5, 5.41) is 5.07. The minimum Gasteiger partial charge on any atom is -0.361 e. The van der Waals surface area contributed by atoms with E-state index in [0.717, 1.165) is 35.7 Å². The zero-order valence-electron chi connectivity index (χ0n) is 21.4. The fourth-order valence-electron chi connectivity index (χ4n) is 5.65. The van der Waals surface area contributed by atoms with Crippen molar-refractivity contribution in [3.63, 3.8) is 0 Å². The Labute approximate surface area is 218 Å². The molecule has 2 aliphatic rings. The fraction of sp³-hybridized carbons (Fsp3) is 0.429. The lowest BCUT2D eigenvalue weighted by molar-refractivity contribution is -0.120. The summed E-state index contributed by atoms with van der Waals surface area (Å²) in [7, 11) is -3.90. The number of fused-ring (bicyclic) bond motifs is 1. The second-order valence-corrected chi connectivity index (χ2v) is 12.0. The van der Waals surface area contributed by atoms with Crippen LogP contribution in [0.5, 0.6) is 0 Å². The first-order chi connectivity index (χ1) is 17.8. The number of piperidine rings is 2. The highest BCUT2D eigenvalue weighted by atomic mass is 32.2. The highest BCUT2D eigenvalue weighted by Gasteiger charge is 2.38. The first-order valence-electron chi connectivity index (χ1n) is 13.0. The molecular formula is C28H34N4O4S. The number of likely N-dealkylation sites (tertiary alicyclic amines) is 1. The highest BCUT2D eigenvalue weighted by molar-refractivity contribution is 7.89. The van der Waals surface area contributed by atoms with Crippen LogP contribution in [0.1, 0.15) is 53.8 Å². The molecule has 0 saturated carbocycles. The van der Waals surface area contributed by atoms with Crippen molar-refractivity contribution in [1.29, 1.82) is 0 Å². The van der Waals surface area contributed by atoms with Gasteiger partial charge in [-0.3, -0.25) is 9.59 Å². The molecule has 0 radical (unpaired) electrons. The summed E-state index contributed by atoms with van der Waals surface area (Å²) in [4.78, 5) is 31.4. The molecule has 0 aliphatic carbocycles. The summed E-state index contributed by atoms with van der Waals surface area (Å²) >= 11 is 0. The second-order valence-electron chi connectivity index (χ2n) is 10.1. The second kappa shape index (κ2) is 10.3. The normalized spacial score (nSPS) is 17.7. The Morgan fingerprint density at radius 1 is 0.892 bits per heavy atom. The molecule has 0 unspecified atom stereocenters. The van der Waals surface area contributed by atoms with Crippen LogP contribution < -0.4 is 5.32 Å². The number of H-pyrrole nitrogens is 1. The predicted molar refractivity (Wildman–Crippen MR) is 144 cm³/mol. The van der Waals surface area contributed by atoms with Crippen LogP contribution >= 0.6 is 0 Å². The molecule has 2 N–H and O–H groups in total. The lowest BCUT2D eigenvalue weighted by atomic mass is 9.97. The molecule has 0 spiro atoms. The summed E-state index contributed by atoms with van der Waals surface area (Å²) in [5.41, 5.74) is 2.08. The molecule has 2 amide bonds. The van der Waals surface area contributed by atoms with Gasteiger partial charge in [0.2, 0.25) is 15.9 Å². The van der Waals surface area contributed by atoms with E-state index in [1.54, 1.807) is 18.7 Å². The van der Waals surface area contributed by atoms with Crippen molar-refractivity contribution >= 4 is 38.3 Å². The molecule has 37 heavy (non-hydrogen) atoms. The van der Waals surface area contributed by atoms with Crippen LogP contribution in [0.3, 0.4) is 0 Å². The molecule has 8 nitrogen and oxygen atoms in total. The first-order valence-corrected chi connectivity index (χ1v) is 14.5. The van der Waals surface area contributed by atoms with E-state index in [0.29, 0.717) is 37.3 Å². The maximum absolute atomic E-state index is 13.8. The molecule has 9 heteroatoms. The van der Waals surface area contributed by atoms with Gasteiger partial charge in [0.1, 0.15) is 4.90 Å². The molecule has 5 rings (SSSR count). The molecule has 2 aromatic carbocycles. The van der Waals surface area contributed by atoms with E-state index < -0.39 is 10.0 Å². The van der Waals surface area contributed by atoms with E-state index in [4.69, 9.17) is 0 Å². The van der Waals surface area contributed by atoms with Crippen LogP contribution in [0.4, 0.5) is 5.69 Å². The largest absolute Gasteiger partial charge is 0.361 e. The van der Waals surface area contributed by atoms with Crippen LogP contribution in [0, 0.1) is 19.8 Å². The van der Waals surface area contributed by atoms with Crippen molar-refractivity contribution in [2.75, 3.05) is 31.5 Å². The van der Waals surface area contributed by atoms with E-state index in [2.05, 4.69) is 10.3 Å². The number of carbonyl (C=O) groups excluding carboxylic acids is 2. The van der Waals surface area contributed by atoms with Gasteiger partial charge in [0.15, 0.2) is 0 Å². The Balaban J connectivity index is 1.30. The molecule has 3 heterocycles. The molecule has 2 aliphatic heterocycles. The van der Waals surface area contributed by atoms with E-state index in [-0.39, 0.29) is 41.3 Å². The number of aromatic nitrogens is 1. The average molecular weight is 523 g/mol. The lowest BCUT2D eigenvalue weighted by Gasteiger charge is -2.31. The highest BCUT2D eigenvalue weighted by Crippen LogP contribution is 2.32. The van der Waals surface area contributed by atoms with Gasteiger partial charge < -0.3 is 15.2 Å². The number of amides is 2. The van der Waals surface area contributed by atoms with Crippen LogP contribution in [0.2, 0.25) is 0 Å².